The van der Waals surface area contributed by atoms with E-state index in [0.29, 0.717) is 0 Å². The number of alkyl halides is 1. The zero-order valence-corrected chi connectivity index (χ0v) is 10.1. The monoisotopic (exact) mass is 225 g/mol. The number of nitrogens with zero attached hydrogens (tertiary/aromatic N) is 1. The second-order valence-corrected chi connectivity index (χ2v) is 4.04. The van der Waals surface area contributed by atoms with E-state index in [2.05, 4.69) is 0 Å². The summed E-state index contributed by atoms with van der Waals surface area (Å²) >= 11 is 5.60. The first-order chi connectivity index (χ1) is 7.07. The molecule has 1 amide bonds. The number of carbonyl (C=O) groups is 1. The van der Waals surface area contributed by atoms with Gasteiger partial charge in [0.25, 0.3) is 0 Å². The first-order valence-electron chi connectivity index (χ1n) is 5.01. The highest BCUT2D eigenvalue weighted by Crippen LogP contribution is 2.21. The van der Waals surface area contributed by atoms with Crippen LogP contribution < -0.4 is 4.90 Å². The lowest BCUT2D eigenvalue weighted by Crippen LogP contribution is -2.38. The van der Waals surface area contributed by atoms with Gasteiger partial charge in [-0.15, -0.1) is 11.6 Å². The molecule has 0 saturated heterocycles. The van der Waals surface area contributed by atoms with Gasteiger partial charge in [-0.3, -0.25) is 4.79 Å². The molecule has 0 aliphatic heterocycles. The fourth-order valence-corrected chi connectivity index (χ4v) is 1.73. The Kier molecular flexibility index (Phi) is 4.15. The standard InChI is InChI=1S/C12H16ClNO/c1-9(2)14(12(15)8-13)11-7-5-4-6-10(11)3/h4-7,9H,8H2,1-3H3. The molecule has 0 radical (unpaired) electrons. The molecule has 0 unspecified atom stereocenters. The quantitative estimate of drug-likeness (QED) is 0.725. The lowest BCUT2D eigenvalue weighted by molar-refractivity contribution is -0.116. The minimum absolute atomic E-state index is 0.0204. The zero-order chi connectivity index (χ0) is 11.4. The Morgan fingerprint density at radius 2 is 2.00 bits per heavy atom. The Morgan fingerprint density at radius 1 is 1.40 bits per heavy atom. The number of hydrogen-bond acceptors (Lipinski definition) is 1. The van der Waals surface area contributed by atoms with Crippen LogP contribution in [0.3, 0.4) is 0 Å². The first kappa shape index (κ1) is 12.1. The SMILES string of the molecule is Cc1ccccc1N(C(=O)CCl)C(C)C. The van der Waals surface area contributed by atoms with Crippen molar-refractivity contribution < 1.29 is 4.79 Å². The molecule has 0 bridgehead atoms. The van der Waals surface area contributed by atoms with Crippen LogP contribution >= 0.6 is 11.6 Å². The maximum atomic E-state index is 11.7. The van der Waals surface area contributed by atoms with Crippen molar-refractivity contribution in [3.8, 4) is 0 Å². The van der Waals surface area contributed by atoms with E-state index >= 15 is 0 Å². The van der Waals surface area contributed by atoms with Gasteiger partial charge in [-0.2, -0.15) is 0 Å². The topological polar surface area (TPSA) is 20.3 Å². The van der Waals surface area contributed by atoms with Crippen molar-refractivity contribution in [2.75, 3.05) is 10.8 Å². The zero-order valence-electron chi connectivity index (χ0n) is 9.33. The first-order valence-corrected chi connectivity index (χ1v) is 5.55. The molecule has 82 valence electrons. The van der Waals surface area contributed by atoms with E-state index < -0.39 is 0 Å². The van der Waals surface area contributed by atoms with Crippen LogP contribution in [0.25, 0.3) is 0 Å². The van der Waals surface area contributed by atoms with Gasteiger partial charge in [0.15, 0.2) is 0 Å². The molecule has 0 fully saturated rings. The van der Waals surface area contributed by atoms with Crippen LogP contribution in [0.1, 0.15) is 19.4 Å². The van der Waals surface area contributed by atoms with Crippen LogP contribution in [-0.4, -0.2) is 17.8 Å². The van der Waals surface area contributed by atoms with Crippen LogP contribution in [-0.2, 0) is 4.79 Å². The average Bonchev–Trinajstić information content (AvgIpc) is 2.20. The number of halogens is 1. The molecule has 1 aromatic carbocycles. The predicted molar refractivity (Wildman–Crippen MR) is 64.5 cm³/mol. The second-order valence-electron chi connectivity index (χ2n) is 3.78. The van der Waals surface area contributed by atoms with Gasteiger partial charge >= 0.3 is 0 Å². The Hall–Kier alpha value is -1.02. The van der Waals surface area contributed by atoms with Crippen molar-refractivity contribution in [3.63, 3.8) is 0 Å². The molecular weight excluding hydrogens is 210 g/mol. The highest BCUT2D eigenvalue weighted by Gasteiger charge is 2.18. The second kappa shape index (κ2) is 5.17. The van der Waals surface area contributed by atoms with Crippen molar-refractivity contribution in [2.24, 2.45) is 0 Å². The van der Waals surface area contributed by atoms with Crippen molar-refractivity contribution >= 4 is 23.2 Å². The van der Waals surface area contributed by atoms with E-state index in [4.69, 9.17) is 11.6 Å². The molecule has 1 rings (SSSR count). The molecule has 3 heteroatoms. The van der Waals surface area contributed by atoms with Crippen LogP contribution in [0, 0.1) is 6.92 Å². The molecule has 0 saturated carbocycles. The summed E-state index contributed by atoms with van der Waals surface area (Å²) in [5, 5.41) is 0. The third kappa shape index (κ3) is 2.72. The number of carbonyl (C=O) groups excluding carboxylic acids is 1. The van der Waals surface area contributed by atoms with Gasteiger partial charge in [-0.25, -0.2) is 0 Å². The highest BCUT2D eigenvalue weighted by molar-refractivity contribution is 6.29. The maximum absolute atomic E-state index is 11.7. The lowest BCUT2D eigenvalue weighted by Gasteiger charge is -2.27. The molecule has 0 atom stereocenters. The van der Waals surface area contributed by atoms with Crippen molar-refractivity contribution in [3.05, 3.63) is 29.8 Å². The molecule has 0 aliphatic rings. The molecule has 15 heavy (non-hydrogen) atoms. The minimum atomic E-state index is -0.0547. The molecule has 0 aliphatic carbocycles. The number of hydrogen-bond donors (Lipinski definition) is 0. The highest BCUT2D eigenvalue weighted by atomic mass is 35.5. The van der Waals surface area contributed by atoms with Crippen LogP contribution in [0.5, 0.6) is 0 Å². The number of benzene rings is 1. The fraction of sp³-hybridized carbons (Fsp3) is 0.417. The van der Waals surface area contributed by atoms with Gasteiger partial charge in [0.05, 0.1) is 0 Å². The van der Waals surface area contributed by atoms with Gasteiger partial charge in [-0.1, -0.05) is 18.2 Å². The minimum Gasteiger partial charge on any atom is -0.309 e. The Bertz CT molecular complexity index is 349. The summed E-state index contributed by atoms with van der Waals surface area (Å²) in [6, 6.07) is 7.95. The average molecular weight is 226 g/mol. The summed E-state index contributed by atoms with van der Waals surface area (Å²) in [6.45, 7) is 5.96. The predicted octanol–water partition coefficient (Wildman–Crippen LogP) is 2.98. The maximum Gasteiger partial charge on any atom is 0.242 e. The number of amides is 1. The molecule has 2 nitrogen and oxygen atoms in total. The van der Waals surface area contributed by atoms with E-state index in [0.717, 1.165) is 11.3 Å². The number of aryl methyl sites for hydroxylation is 1. The number of para-hydroxylation sites is 1. The molecular formula is C12H16ClNO. The molecule has 0 aromatic heterocycles. The summed E-state index contributed by atoms with van der Waals surface area (Å²) in [5.41, 5.74) is 2.03. The Morgan fingerprint density at radius 3 is 2.47 bits per heavy atom. The van der Waals surface area contributed by atoms with Gasteiger partial charge in [0.1, 0.15) is 5.88 Å². The Balaban J connectivity index is 3.10. The Labute approximate surface area is 95.8 Å². The van der Waals surface area contributed by atoms with Crippen LogP contribution in [0.2, 0.25) is 0 Å². The normalized spacial score (nSPS) is 10.5. The summed E-state index contributed by atoms with van der Waals surface area (Å²) in [4.78, 5) is 13.4. The van der Waals surface area contributed by atoms with E-state index in [1.165, 1.54) is 0 Å². The number of anilines is 1. The molecule has 0 spiro atoms. The summed E-state index contributed by atoms with van der Waals surface area (Å²) in [6.07, 6.45) is 0. The third-order valence-corrected chi connectivity index (χ3v) is 2.50. The van der Waals surface area contributed by atoms with E-state index in [1.54, 1.807) is 4.90 Å². The van der Waals surface area contributed by atoms with Gasteiger partial charge in [-0.05, 0) is 32.4 Å². The number of rotatable bonds is 3. The van der Waals surface area contributed by atoms with Crippen LogP contribution in [0.15, 0.2) is 24.3 Å². The van der Waals surface area contributed by atoms with Gasteiger partial charge in [0, 0.05) is 11.7 Å². The van der Waals surface area contributed by atoms with Gasteiger partial charge < -0.3 is 4.90 Å². The summed E-state index contributed by atoms with van der Waals surface area (Å²) < 4.78 is 0. The van der Waals surface area contributed by atoms with E-state index in [1.807, 2.05) is 45.0 Å². The lowest BCUT2D eigenvalue weighted by atomic mass is 10.1. The smallest absolute Gasteiger partial charge is 0.242 e. The summed E-state index contributed by atoms with van der Waals surface area (Å²) in [5.74, 6) is -0.0343. The van der Waals surface area contributed by atoms with E-state index in [9.17, 15) is 4.79 Å². The van der Waals surface area contributed by atoms with Crippen LogP contribution in [0.4, 0.5) is 5.69 Å². The van der Waals surface area contributed by atoms with Crippen molar-refractivity contribution in [1.82, 2.24) is 0 Å². The van der Waals surface area contributed by atoms with Crippen molar-refractivity contribution in [2.45, 2.75) is 26.8 Å². The third-order valence-electron chi connectivity index (χ3n) is 2.27. The largest absolute Gasteiger partial charge is 0.309 e. The summed E-state index contributed by atoms with van der Waals surface area (Å²) in [7, 11) is 0. The van der Waals surface area contributed by atoms with E-state index in [-0.39, 0.29) is 17.8 Å². The molecule has 1 aromatic rings. The fourth-order valence-electron chi connectivity index (χ4n) is 1.60. The van der Waals surface area contributed by atoms with Crippen molar-refractivity contribution in [1.29, 1.82) is 0 Å². The van der Waals surface area contributed by atoms with Gasteiger partial charge in [0.2, 0.25) is 5.91 Å². The molecule has 0 heterocycles. The molecule has 0 N–H and O–H groups in total.